The Morgan fingerprint density at radius 2 is 1.95 bits per heavy atom. The van der Waals surface area contributed by atoms with Crippen molar-refractivity contribution >= 4 is 0 Å². The number of hydrazine groups is 1. The Morgan fingerprint density at radius 3 is 2.47 bits per heavy atom. The number of rotatable bonds is 4. The monoisotopic (exact) mass is 262 g/mol. The van der Waals surface area contributed by atoms with E-state index in [4.69, 9.17) is 5.84 Å². The van der Waals surface area contributed by atoms with E-state index in [0.717, 1.165) is 18.7 Å². The molecule has 2 heterocycles. The molecule has 1 aliphatic heterocycles. The Labute approximate surface area is 116 Å². The first-order valence-corrected chi connectivity index (χ1v) is 7.27. The minimum Gasteiger partial charge on any atom is -0.296 e. The Hall–Kier alpha value is -0.970. The molecular weight excluding hydrogens is 236 g/mol. The lowest BCUT2D eigenvalue weighted by atomic mass is 9.87. The maximum Gasteiger partial charge on any atom is 0.0653 e. The lowest BCUT2D eigenvalue weighted by Gasteiger charge is -2.43. The minimum atomic E-state index is -0.0118. The molecular formula is C15H26N4. The number of pyridine rings is 1. The standard InChI is InChI=1S/C15H26N4/c1-15(2,19-10-5-3-4-6-11-19)14(18-16)13-8-7-9-17-12-13/h7-9,12,14,18H,3-6,10-11,16H2,1-2H3. The maximum absolute atomic E-state index is 5.83. The van der Waals surface area contributed by atoms with Crippen LogP contribution in [0.25, 0.3) is 0 Å². The van der Waals surface area contributed by atoms with E-state index in [2.05, 4.69) is 35.2 Å². The van der Waals surface area contributed by atoms with Gasteiger partial charge in [-0.2, -0.15) is 0 Å². The van der Waals surface area contributed by atoms with E-state index in [0.29, 0.717) is 0 Å². The molecule has 3 N–H and O–H groups in total. The van der Waals surface area contributed by atoms with E-state index in [-0.39, 0.29) is 11.6 Å². The second-order valence-electron chi connectivity index (χ2n) is 5.94. The quantitative estimate of drug-likeness (QED) is 0.645. The fourth-order valence-electron chi connectivity index (χ4n) is 3.08. The van der Waals surface area contributed by atoms with Crippen molar-refractivity contribution in [1.82, 2.24) is 15.3 Å². The molecule has 0 bridgehead atoms. The van der Waals surface area contributed by atoms with Crippen molar-refractivity contribution < 1.29 is 0 Å². The zero-order valence-electron chi connectivity index (χ0n) is 12.1. The SMILES string of the molecule is CC(C)(C(NN)c1cccnc1)N1CCCCCC1. The van der Waals surface area contributed by atoms with E-state index in [1.54, 1.807) is 6.20 Å². The molecule has 0 radical (unpaired) electrons. The highest BCUT2D eigenvalue weighted by atomic mass is 15.3. The van der Waals surface area contributed by atoms with Crippen LogP contribution in [0.1, 0.15) is 51.1 Å². The molecule has 106 valence electrons. The molecule has 1 aromatic rings. The largest absolute Gasteiger partial charge is 0.296 e. The molecule has 1 aromatic heterocycles. The van der Waals surface area contributed by atoms with Crippen LogP contribution in [0, 0.1) is 0 Å². The van der Waals surface area contributed by atoms with E-state index in [9.17, 15) is 0 Å². The molecule has 19 heavy (non-hydrogen) atoms. The average molecular weight is 262 g/mol. The summed E-state index contributed by atoms with van der Waals surface area (Å²) < 4.78 is 0. The average Bonchev–Trinajstić information content (AvgIpc) is 2.70. The van der Waals surface area contributed by atoms with Gasteiger partial charge in [0.25, 0.3) is 0 Å². The molecule has 1 fully saturated rings. The van der Waals surface area contributed by atoms with Gasteiger partial charge < -0.3 is 0 Å². The molecule has 4 nitrogen and oxygen atoms in total. The Bertz CT molecular complexity index is 369. The second kappa shape index (κ2) is 6.46. The van der Waals surface area contributed by atoms with E-state index in [1.165, 1.54) is 25.7 Å². The van der Waals surface area contributed by atoms with Gasteiger partial charge in [0.1, 0.15) is 0 Å². The van der Waals surface area contributed by atoms with Crippen LogP contribution in [-0.4, -0.2) is 28.5 Å². The van der Waals surface area contributed by atoms with Gasteiger partial charge in [-0.15, -0.1) is 0 Å². The van der Waals surface area contributed by atoms with Crippen LogP contribution in [0.2, 0.25) is 0 Å². The summed E-state index contributed by atoms with van der Waals surface area (Å²) in [7, 11) is 0. The summed E-state index contributed by atoms with van der Waals surface area (Å²) in [5.41, 5.74) is 4.13. The lowest BCUT2D eigenvalue weighted by molar-refractivity contribution is 0.0833. The number of likely N-dealkylation sites (tertiary alicyclic amines) is 1. The Morgan fingerprint density at radius 1 is 1.26 bits per heavy atom. The number of aromatic nitrogens is 1. The normalized spacial score (nSPS) is 19.9. The zero-order valence-corrected chi connectivity index (χ0v) is 12.1. The first-order valence-electron chi connectivity index (χ1n) is 7.27. The van der Waals surface area contributed by atoms with Crippen molar-refractivity contribution in [3.05, 3.63) is 30.1 Å². The molecule has 0 aliphatic carbocycles. The second-order valence-corrected chi connectivity index (χ2v) is 5.94. The highest BCUT2D eigenvalue weighted by molar-refractivity contribution is 5.18. The smallest absolute Gasteiger partial charge is 0.0653 e. The zero-order chi connectivity index (χ0) is 13.7. The van der Waals surface area contributed by atoms with Crippen molar-refractivity contribution in [2.45, 2.75) is 51.1 Å². The van der Waals surface area contributed by atoms with Crippen LogP contribution in [0.3, 0.4) is 0 Å². The van der Waals surface area contributed by atoms with E-state index < -0.39 is 0 Å². The third-order valence-corrected chi connectivity index (χ3v) is 4.31. The predicted molar refractivity (Wildman–Crippen MR) is 78.4 cm³/mol. The minimum absolute atomic E-state index is 0.0118. The Kier molecular flexibility index (Phi) is 4.91. The van der Waals surface area contributed by atoms with E-state index in [1.807, 2.05) is 12.3 Å². The van der Waals surface area contributed by atoms with Gasteiger partial charge in [0.15, 0.2) is 0 Å². The van der Waals surface area contributed by atoms with Crippen LogP contribution in [0.15, 0.2) is 24.5 Å². The van der Waals surface area contributed by atoms with Gasteiger partial charge in [0.2, 0.25) is 0 Å². The van der Waals surface area contributed by atoms with Crippen molar-refractivity contribution in [2.75, 3.05) is 13.1 Å². The molecule has 0 spiro atoms. The summed E-state index contributed by atoms with van der Waals surface area (Å²) in [6, 6.07) is 4.16. The number of nitrogens with zero attached hydrogens (tertiary/aromatic N) is 2. The van der Waals surface area contributed by atoms with Crippen molar-refractivity contribution in [3.63, 3.8) is 0 Å². The van der Waals surface area contributed by atoms with Gasteiger partial charge in [0.05, 0.1) is 6.04 Å². The van der Waals surface area contributed by atoms with Crippen molar-refractivity contribution in [2.24, 2.45) is 5.84 Å². The fourth-order valence-corrected chi connectivity index (χ4v) is 3.08. The van der Waals surface area contributed by atoms with Gasteiger partial charge >= 0.3 is 0 Å². The number of nitrogens with one attached hydrogen (secondary N) is 1. The molecule has 4 heteroatoms. The first-order chi connectivity index (χ1) is 9.16. The van der Waals surface area contributed by atoms with E-state index >= 15 is 0 Å². The molecule has 1 unspecified atom stereocenters. The third-order valence-electron chi connectivity index (χ3n) is 4.31. The third kappa shape index (κ3) is 3.32. The summed E-state index contributed by atoms with van der Waals surface area (Å²) in [5, 5.41) is 0. The molecule has 2 rings (SSSR count). The summed E-state index contributed by atoms with van der Waals surface area (Å²) in [5.74, 6) is 5.83. The number of nitrogens with two attached hydrogens (primary N) is 1. The maximum atomic E-state index is 5.83. The van der Waals surface area contributed by atoms with Crippen LogP contribution in [0.5, 0.6) is 0 Å². The lowest BCUT2D eigenvalue weighted by Crippen LogP contribution is -2.54. The fraction of sp³-hybridized carbons (Fsp3) is 0.667. The van der Waals surface area contributed by atoms with Gasteiger partial charge in [-0.3, -0.25) is 21.2 Å². The van der Waals surface area contributed by atoms with Gasteiger partial charge in [0, 0.05) is 17.9 Å². The van der Waals surface area contributed by atoms with Crippen molar-refractivity contribution in [3.8, 4) is 0 Å². The first kappa shape index (κ1) is 14.4. The Balaban J connectivity index is 2.19. The molecule has 0 amide bonds. The highest BCUT2D eigenvalue weighted by Gasteiger charge is 2.36. The molecule has 0 aromatic carbocycles. The van der Waals surface area contributed by atoms with Gasteiger partial charge in [-0.1, -0.05) is 18.9 Å². The topological polar surface area (TPSA) is 54.2 Å². The van der Waals surface area contributed by atoms with Crippen LogP contribution in [0.4, 0.5) is 0 Å². The summed E-state index contributed by atoms with van der Waals surface area (Å²) in [6.45, 7) is 6.86. The molecule has 1 atom stereocenters. The van der Waals surface area contributed by atoms with Crippen LogP contribution in [-0.2, 0) is 0 Å². The number of hydrogen-bond acceptors (Lipinski definition) is 4. The van der Waals surface area contributed by atoms with Crippen LogP contribution >= 0.6 is 0 Å². The van der Waals surface area contributed by atoms with Gasteiger partial charge in [-0.05, 0) is 51.4 Å². The highest BCUT2D eigenvalue weighted by Crippen LogP contribution is 2.31. The molecule has 0 saturated carbocycles. The summed E-state index contributed by atoms with van der Waals surface area (Å²) >= 11 is 0. The number of hydrogen-bond donors (Lipinski definition) is 2. The van der Waals surface area contributed by atoms with Crippen molar-refractivity contribution in [1.29, 1.82) is 0 Å². The summed E-state index contributed by atoms with van der Waals surface area (Å²) in [6.07, 6.45) is 8.97. The summed E-state index contributed by atoms with van der Waals surface area (Å²) in [4.78, 5) is 6.78. The molecule has 1 saturated heterocycles. The predicted octanol–water partition coefficient (Wildman–Crippen LogP) is 2.24. The van der Waals surface area contributed by atoms with Crippen LogP contribution < -0.4 is 11.3 Å². The molecule has 1 aliphatic rings. The van der Waals surface area contributed by atoms with Gasteiger partial charge in [-0.25, -0.2) is 0 Å².